The Labute approximate surface area is 185 Å². The maximum atomic E-state index is 12.9. The molecule has 3 aromatic rings. The average Bonchev–Trinajstić information content (AvgIpc) is 2.99. The maximum Gasteiger partial charge on any atom is 0.419 e. The van der Waals surface area contributed by atoms with Gasteiger partial charge in [0.15, 0.2) is 5.58 Å². The number of nitrogens with zero attached hydrogens (tertiary/aromatic N) is 1. The van der Waals surface area contributed by atoms with Crippen LogP contribution in [0.3, 0.4) is 0 Å². The molecule has 0 spiro atoms. The molecule has 1 heterocycles. The Morgan fingerprint density at radius 3 is 2.48 bits per heavy atom. The van der Waals surface area contributed by atoms with Crippen LogP contribution >= 0.6 is 11.6 Å². The van der Waals surface area contributed by atoms with Crippen molar-refractivity contribution in [2.45, 2.75) is 37.8 Å². The molecule has 0 aliphatic carbocycles. The Hall–Kier alpha value is -2.62. The van der Waals surface area contributed by atoms with Gasteiger partial charge < -0.3 is 9.73 Å². The molecule has 1 amide bonds. The first kappa shape index (κ1) is 23.1. The molecule has 1 unspecified atom stereocenters. The van der Waals surface area contributed by atoms with E-state index in [1.165, 1.54) is 29.8 Å². The van der Waals surface area contributed by atoms with Crippen molar-refractivity contribution in [3.05, 3.63) is 63.6 Å². The second-order valence-corrected chi connectivity index (χ2v) is 9.85. The fourth-order valence-corrected chi connectivity index (χ4v) is 4.48. The number of aryl methyl sites for hydroxylation is 1. The molecule has 166 valence electrons. The predicted octanol–water partition coefficient (Wildman–Crippen LogP) is 2.79. The zero-order valence-electron chi connectivity index (χ0n) is 17.4. The molecule has 0 saturated carbocycles. The van der Waals surface area contributed by atoms with E-state index >= 15 is 0 Å². The van der Waals surface area contributed by atoms with Gasteiger partial charge in [0.05, 0.1) is 10.4 Å². The van der Waals surface area contributed by atoms with Crippen LogP contribution in [-0.2, 0) is 28.4 Å². The third-order valence-corrected chi connectivity index (χ3v) is 6.50. The Morgan fingerprint density at radius 1 is 1.16 bits per heavy atom. The molecule has 0 bridgehead atoms. The summed E-state index contributed by atoms with van der Waals surface area (Å²) < 4.78 is 34.7. The first-order chi connectivity index (χ1) is 14.6. The number of benzene rings is 2. The van der Waals surface area contributed by atoms with Gasteiger partial charge in [-0.05, 0) is 42.2 Å². The fraction of sp³-hybridized carbons (Fsp3) is 0.333. The first-order valence-corrected chi connectivity index (χ1v) is 11.6. The topological polar surface area (TPSA) is 110 Å². The second-order valence-electron chi connectivity index (χ2n) is 7.70. The van der Waals surface area contributed by atoms with E-state index in [4.69, 9.17) is 16.0 Å². The summed E-state index contributed by atoms with van der Waals surface area (Å²) in [7, 11) is -2.50. The molecular formula is C21H24ClN3O5S. The van der Waals surface area contributed by atoms with E-state index in [1.54, 1.807) is 24.3 Å². The molecule has 0 aliphatic rings. The summed E-state index contributed by atoms with van der Waals surface area (Å²) in [6.45, 7) is 4.05. The molecule has 1 aromatic heterocycles. The smallest absolute Gasteiger partial charge is 0.408 e. The minimum Gasteiger partial charge on any atom is -0.408 e. The lowest BCUT2D eigenvalue weighted by molar-refractivity contribution is -0.123. The van der Waals surface area contributed by atoms with E-state index in [-0.39, 0.29) is 22.9 Å². The summed E-state index contributed by atoms with van der Waals surface area (Å²) in [5.41, 5.74) is 1.47. The summed E-state index contributed by atoms with van der Waals surface area (Å²) in [4.78, 5) is 24.3. The zero-order chi connectivity index (χ0) is 22.8. The van der Waals surface area contributed by atoms with Crippen molar-refractivity contribution in [1.82, 2.24) is 14.6 Å². The number of carbonyl (C=O) groups excluding carboxylic acids is 1. The van der Waals surface area contributed by atoms with Crippen molar-refractivity contribution in [2.24, 2.45) is 13.0 Å². The zero-order valence-corrected chi connectivity index (χ0v) is 19.0. The summed E-state index contributed by atoms with van der Waals surface area (Å²) in [5.74, 6) is -0.945. The highest BCUT2D eigenvalue weighted by atomic mass is 35.5. The van der Waals surface area contributed by atoms with E-state index in [2.05, 4.69) is 10.0 Å². The monoisotopic (exact) mass is 465 g/mol. The first-order valence-electron chi connectivity index (χ1n) is 9.71. The Bertz CT molecular complexity index is 1250. The highest BCUT2D eigenvalue weighted by Crippen LogP contribution is 2.19. The molecule has 3 rings (SSSR count). The van der Waals surface area contributed by atoms with Gasteiger partial charge in [-0.25, -0.2) is 13.2 Å². The van der Waals surface area contributed by atoms with Crippen LogP contribution in [0.5, 0.6) is 0 Å². The SMILES string of the molecule is CC(C)CC(NS(=O)(=O)c1ccc2c(c1)oc(=O)n2C)C(=O)NCc1ccc(Cl)cc1. The largest absolute Gasteiger partial charge is 0.419 e. The van der Waals surface area contributed by atoms with Gasteiger partial charge in [-0.1, -0.05) is 37.6 Å². The quantitative estimate of drug-likeness (QED) is 0.531. The van der Waals surface area contributed by atoms with Crippen molar-refractivity contribution in [3.63, 3.8) is 0 Å². The lowest BCUT2D eigenvalue weighted by atomic mass is 10.0. The van der Waals surface area contributed by atoms with Crippen LogP contribution < -0.4 is 15.8 Å². The number of carbonyl (C=O) groups is 1. The van der Waals surface area contributed by atoms with Crippen LogP contribution in [0.1, 0.15) is 25.8 Å². The summed E-state index contributed by atoms with van der Waals surface area (Å²) in [6.07, 6.45) is 0.314. The van der Waals surface area contributed by atoms with Crippen molar-refractivity contribution >= 4 is 38.6 Å². The molecule has 8 nitrogen and oxygen atoms in total. The summed E-state index contributed by atoms with van der Waals surface area (Å²) in [5, 5.41) is 3.36. The lowest BCUT2D eigenvalue weighted by Crippen LogP contribution is -2.47. The second kappa shape index (κ2) is 9.25. The molecule has 1 atom stereocenters. The minimum absolute atomic E-state index is 0.0728. The predicted molar refractivity (Wildman–Crippen MR) is 118 cm³/mol. The van der Waals surface area contributed by atoms with E-state index in [9.17, 15) is 18.0 Å². The van der Waals surface area contributed by atoms with Crippen molar-refractivity contribution in [1.29, 1.82) is 0 Å². The minimum atomic E-state index is -4.03. The van der Waals surface area contributed by atoms with Gasteiger partial charge in [0, 0.05) is 24.7 Å². The van der Waals surface area contributed by atoms with Crippen molar-refractivity contribution < 1.29 is 17.6 Å². The van der Waals surface area contributed by atoms with Crippen molar-refractivity contribution in [2.75, 3.05) is 0 Å². The normalized spacial score (nSPS) is 12.9. The van der Waals surface area contributed by atoms with Crippen LogP contribution in [0.25, 0.3) is 11.1 Å². The van der Waals surface area contributed by atoms with Gasteiger partial charge in [0.2, 0.25) is 15.9 Å². The maximum absolute atomic E-state index is 12.9. The number of sulfonamides is 1. The third kappa shape index (κ3) is 5.55. The molecule has 31 heavy (non-hydrogen) atoms. The van der Waals surface area contributed by atoms with Crippen LogP contribution in [0.2, 0.25) is 5.02 Å². The molecule has 10 heteroatoms. The van der Waals surface area contributed by atoms with Gasteiger partial charge in [0.25, 0.3) is 0 Å². The standard InChI is InChI=1S/C21H24ClN3O5S/c1-13(2)10-17(20(26)23-12-14-4-6-15(22)7-5-14)24-31(28,29)16-8-9-18-19(11-16)30-21(27)25(18)3/h4-9,11,13,17,24H,10,12H2,1-3H3,(H,23,26). The summed E-state index contributed by atoms with van der Waals surface area (Å²) >= 11 is 5.87. The van der Waals surface area contributed by atoms with Crippen LogP contribution in [0.15, 0.2) is 56.6 Å². The molecule has 0 aliphatic heterocycles. The number of oxazole rings is 1. The highest BCUT2D eigenvalue weighted by Gasteiger charge is 2.27. The van der Waals surface area contributed by atoms with E-state index in [0.717, 1.165) is 5.56 Å². The van der Waals surface area contributed by atoms with Gasteiger partial charge in [-0.3, -0.25) is 9.36 Å². The van der Waals surface area contributed by atoms with Gasteiger partial charge in [0.1, 0.15) is 6.04 Å². The Morgan fingerprint density at radius 2 is 1.84 bits per heavy atom. The highest BCUT2D eigenvalue weighted by molar-refractivity contribution is 7.89. The molecule has 0 fully saturated rings. The number of hydrogen-bond acceptors (Lipinski definition) is 5. The number of aromatic nitrogens is 1. The average molecular weight is 466 g/mol. The van der Waals surface area contributed by atoms with Gasteiger partial charge >= 0.3 is 5.76 Å². The molecule has 2 N–H and O–H groups in total. The lowest BCUT2D eigenvalue weighted by Gasteiger charge is -2.20. The molecule has 0 radical (unpaired) electrons. The van der Waals surface area contributed by atoms with Crippen LogP contribution in [-0.4, -0.2) is 24.9 Å². The Balaban J connectivity index is 1.79. The van der Waals surface area contributed by atoms with Crippen LogP contribution in [0.4, 0.5) is 0 Å². The molecule has 2 aromatic carbocycles. The summed E-state index contributed by atoms with van der Waals surface area (Å²) in [6, 6.07) is 10.2. The Kier molecular flexibility index (Phi) is 6.88. The number of halogens is 1. The van der Waals surface area contributed by atoms with Crippen LogP contribution in [0, 0.1) is 5.92 Å². The number of amides is 1. The number of nitrogens with one attached hydrogen (secondary N) is 2. The third-order valence-electron chi connectivity index (χ3n) is 4.78. The van der Waals surface area contributed by atoms with E-state index in [1.807, 2.05) is 13.8 Å². The van der Waals surface area contributed by atoms with Gasteiger partial charge in [-0.2, -0.15) is 4.72 Å². The van der Waals surface area contributed by atoms with E-state index in [0.29, 0.717) is 17.0 Å². The number of hydrogen-bond donors (Lipinski definition) is 2. The van der Waals surface area contributed by atoms with E-state index < -0.39 is 27.7 Å². The number of rotatable bonds is 8. The number of fused-ring (bicyclic) bond motifs is 1. The molecule has 0 saturated heterocycles. The van der Waals surface area contributed by atoms with Gasteiger partial charge in [-0.15, -0.1) is 0 Å². The van der Waals surface area contributed by atoms with Crippen molar-refractivity contribution in [3.8, 4) is 0 Å². The fourth-order valence-electron chi connectivity index (χ4n) is 3.13. The molecular weight excluding hydrogens is 442 g/mol.